The zero-order valence-corrected chi connectivity index (χ0v) is 4.64. The van der Waals surface area contributed by atoms with Gasteiger partial charge >= 0.3 is 0 Å². The first-order chi connectivity index (χ1) is 4.22. The van der Waals surface area contributed by atoms with Gasteiger partial charge in [-0.1, -0.05) is 5.04 Å². The summed E-state index contributed by atoms with van der Waals surface area (Å²) in [5.74, 6) is 0. The van der Waals surface area contributed by atoms with E-state index in [0.717, 1.165) is 0 Å². The molecule has 0 aromatic rings. The molecule has 0 amide bonds. The quantitative estimate of drug-likeness (QED) is 0.232. The van der Waals surface area contributed by atoms with Gasteiger partial charge in [0.05, 0.1) is 13.2 Å². The van der Waals surface area contributed by atoms with E-state index in [2.05, 4.69) is 5.04 Å². The predicted molar refractivity (Wildman–Crippen MR) is 26.5 cm³/mol. The Morgan fingerprint density at radius 1 is 1.11 bits per heavy atom. The zero-order chi connectivity index (χ0) is 7.70. The molecule has 0 spiro atoms. The molecule has 0 bridgehead atoms. The Kier molecular flexibility index (Phi) is 13.7. The SMILES string of the molecule is OCC(O)CO.OOO. The minimum atomic E-state index is -0.954. The molecule has 0 unspecified atom stereocenters. The third-order valence-corrected chi connectivity index (χ3v) is 0.421. The number of aliphatic hydroxyl groups excluding tert-OH is 3. The van der Waals surface area contributed by atoms with Crippen molar-refractivity contribution in [3.8, 4) is 0 Å². The first kappa shape index (κ1) is 11.5. The van der Waals surface area contributed by atoms with E-state index >= 15 is 0 Å². The minimum absolute atomic E-state index is 0.365. The van der Waals surface area contributed by atoms with Crippen LogP contribution in [0.3, 0.4) is 0 Å². The summed E-state index contributed by atoms with van der Waals surface area (Å²) in [5.41, 5.74) is 0. The maximum absolute atomic E-state index is 8.17. The number of hydrogen-bond donors (Lipinski definition) is 5. The maximum Gasteiger partial charge on any atom is 0.100 e. The van der Waals surface area contributed by atoms with Gasteiger partial charge in [0.2, 0.25) is 0 Å². The molecular formula is C3H10O6. The van der Waals surface area contributed by atoms with Crippen LogP contribution in [0.25, 0.3) is 0 Å². The van der Waals surface area contributed by atoms with Gasteiger partial charge in [0, 0.05) is 0 Å². The lowest BCUT2D eigenvalue weighted by Gasteiger charge is -1.96. The molecule has 0 saturated heterocycles. The van der Waals surface area contributed by atoms with Crippen LogP contribution >= 0.6 is 0 Å². The van der Waals surface area contributed by atoms with E-state index in [0.29, 0.717) is 0 Å². The molecule has 0 aliphatic rings. The van der Waals surface area contributed by atoms with Crippen molar-refractivity contribution in [1.29, 1.82) is 0 Å². The highest BCUT2D eigenvalue weighted by molar-refractivity contribution is 4.43. The molecule has 0 heterocycles. The smallest absolute Gasteiger partial charge is 0.100 e. The molecule has 0 aliphatic heterocycles. The first-order valence-electron chi connectivity index (χ1n) is 2.07. The normalized spacial score (nSPS) is 8.67. The molecule has 0 fully saturated rings. The first-order valence-corrected chi connectivity index (χ1v) is 2.07. The van der Waals surface area contributed by atoms with Gasteiger partial charge in [-0.15, -0.1) is 0 Å². The molecule has 9 heavy (non-hydrogen) atoms. The van der Waals surface area contributed by atoms with E-state index in [1.165, 1.54) is 0 Å². The number of rotatable bonds is 2. The van der Waals surface area contributed by atoms with E-state index in [4.69, 9.17) is 25.8 Å². The van der Waals surface area contributed by atoms with Crippen molar-refractivity contribution >= 4 is 0 Å². The third kappa shape index (κ3) is 18.2. The molecule has 0 radical (unpaired) electrons. The second-order valence-corrected chi connectivity index (χ2v) is 1.10. The second-order valence-electron chi connectivity index (χ2n) is 1.10. The van der Waals surface area contributed by atoms with Gasteiger partial charge in [-0.05, 0) is 0 Å². The largest absolute Gasteiger partial charge is 0.394 e. The summed E-state index contributed by atoms with van der Waals surface area (Å²) in [6, 6.07) is 0. The van der Waals surface area contributed by atoms with Crippen molar-refractivity contribution in [2.45, 2.75) is 6.10 Å². The lowest BCUT2D eigenvalue weighted by Crippen LogP contribution is -2.15. The lowest BCUT2D eigenvalue weighted by atomic mass is 10.4. The molecule has 58 valence electrons. The zero-order valence-electron chi connectivity index (χ0n) is 4.64. The fourth-order valence-electron chi connectivity index (χ4n) is 0.0577. The predicted octanol–water partition coefficient (Wildman–Crippen LogP) is -1.72. The molecule has 0 saturated carbocycles. The van der Waals surface area contributed by atoms with Crippen LogP contribution in [0, 0.1) is 0 Å². The number of hydrogen-bond acceptors (Lipinski definition) is 6. The molecule has 0 rings (SSSR count). The Hall–Kier alpha value is -0.240. The molecule has 5 N–H and O–H groups in total. The molecule has 0 aromatic carbocycles. The van der Waals surface area contributed by atoms with Crippen LogP contribution in [0.1, 0.15) is 0 Å². The van der Waals surface area contributed by atoms with Crippen molar-refractivity contribution in [1.82, 2.24) is 0 Å². The van der Waals surface area contributed by atoms with Crippen molar-refractivity contribution in [3.05, 3.63) is 0 Å². The fraction of sp³-hybridized carbons (Fsp3) is 1.00. The van der Waals surface area contributed by atoms with Gasteiger partial charge in [-0.3, -0.25) is 0 Å². The van der Waals surface area contributed by atoms with E-state index in [-0.39, 0.29) is 13.2 Å². The summed E-state index contributed by atoms with van der Waals surface area (Å²) in [4.78, 5) is 0. The van der Waals surface area contributed by atoms with Crippen LogP contribution in [0.5, 0.6) is 0 Å². The van der Waals surface area contributed by atoms with Crippen molar-refractivity contribution in [3.63, 3.8) is 0 Å². The van der Waals surface area contributed by atoms with Gasteiger partial charge in [0.1, 0.15) is 6.10 Å². The Morgan fingerprint density at radius 2 is 1.33 bits per heavy atom. The second kappa shape index (κ2) is 10.7. The molecular weight excluding hydrogens is 132 g/mol. The highest BCUT2D eigenvalue weighted by atomic mass is 17.4. The van der Waals surface area contributed by atoms with Crippen LogP contribution in [-0.2, 0) is 5.04 Å². The topological polar surface area (TPSA) is 110 Å². The van der Waals surface area contributed by atoms with E-state index in [9.17, 15) is 0 Å². The molecule has 0 aliphatic carbocycles. The molecule has 0 atom stereocenters. The Balaban J connectivity index is 0. The van der Waals surface area contributed by atoms with Crippen molar-refractivity contribution in [2.75, 3.05) is 13.2 Å². The molecule has 6 nitrogen and oxygen atoms in total. The van der Waals surface area contributed by atoms with E-state index in [1.807, 2.05) is 0 Å². The van der Waals surface area contributed by atoms with Crippen molar-refractivity contribution < 1.29 is 30.9 Å². The van der Waals surface area contributed by atoms with Gasteiger partial charge in [0.15, 0.2) is 0 Å². The molecule has 6 heteroatoms. The fourth-order valence-corrected chi connectivity index (χ4v) is 0.0577. The van der Waals surface area contributed by atoms with Gasteiger partial charge in [-0.25, -0.2) is 10.5 Å². The summed E-state index contributed by atoms with van der Waals surface area (Å²) in [6.07, 6.45) is -0.954. The molecule has 0 aromatic heterocycles. The van der Waals surface area contributed by atoms with Gasteiger partial charge in [0.25, 0.3) is 0 Å². The Labute approximate surface area is 51.4 Å². The Morgan fingerprint density at radius 3 is 1.33 bits per heavy atom. The Bertz CT molecular complexity index is 35.3. The lowest BCUT2D eigenvalue weighted by molar-refractivity contribution is -0.465. The van der Waals surface area contributed by atoms with Crippen LogP contribution < -0.4 is 0 Å². The highest BCUT2D eigenvalue weighted by Gasteiger charge is 1.93. The monoisotopic (exact) mass is 142 g/mol. The van der Waals surface area contributed by atoms with Crippen LogP contribution in [0.2, 0.25) is 0 Å². The highest BCUT2D eigenvalue weighted by Crippen LogP contribution is 1.71. The average molecular weight is 142 g/mol. The standard InChI is InChI=1S/C3H8O3.H2O3/c4-1-3(6)2-5;1-3-2/h3-6H,1-2H2;1-2H. The van der Waals surface area contributed by atoms with Crippen molar-refractivity contribution in [2.24, 2.45) is 0 Å². The van der Waals surface area contributed by atoms with E-state index in [1.54, 1.807) is 0 Å². The van der Waals surface area contributed by atoms with Crippen LogP contribution in [0.4, 0.5) is 0 Å². The van der Waals surface area contributed by atoms with Gasteiger partial charge in [-0.2, -0.15) is 0 Å². The summed E-state index contributed by atoms with van der Waals surface area (Å²) >= 11 is 0. The third-order valence-electron chi connectivity index (χ3n) is 0.421. The number of aliphatic hydroxyl groups is 3. The van der Waals surface area contributed by atoms with Crippen LogP contribution in [-0.4, -0.2) is 45.2 Å². The summed E-state index contributed by atoms with van der Waals surface area (Å²) in [5, 5.41) is 39.5. The van der Waals surface area contributed by atoms with E-state index < -0.39 is 6.10 Å². The average Bonchev–Trinajstić information content (AvgIpc) is 1.88. The summed E-state index contributed by atoms with van der Waals surface area (Å²) in [6.45, 7) is -0.729. The maximum atomic E-state index is 8.17. The van der Waals surface area contributed by atoms with Gasteiger partial charge < -0.3 is 15.3 Å². The van der Waals surface area contributed by atoms with Crippen LogP contribution in [0.15, 0.2) is 0 Å². The summed E-state index contributed by atoms with van der Waals surface area (Å²) in [7, 11) is 0. The minimum Gasteiger partial charge on any atom is -0.394 e. The summed E-state index contributed by atoms with van der Waals surface area (Å²) < 4.78 is 0.